The van der Waals surface area contributed by atoms with Crippen molar-refractivity contribution >= 4 is 28.8 Å². The fourth-order valence-corrected chi connectivity index (χ4v) is 0. The second kappa shape index (κ2) is 1.38. The Bertz CT molecular complexity index is 90.8. The molecule has 0 aliphatic heterocycles. The summed E-state index contributed by atoms with van der Waals surface area (Å²) in [5, 5.41) is 0. The number of hydrogen-bond acceptors (Lipinski definition) is 2. The van der Waals surface area contributed by atoms with E-state index in [1.54, 1.807) is 9.83 Å². The van der Waals surface area contributed by atoms with Gasteiger partial charge in [-0.05, 0) is 31.3 Å². The average molecular weight is 172 g/mol. The lowest BCUT2D eigenvalue weighted by Gasteiger charge is -2.63. The summed E-state index contributed by atoms with van der Waals surface area (Å²) in [6, 6.07) is 0. The lowest BCUT2D eigenvalue weighted by atomic mass is 11.8. The van der Waals surface area contributed by atoms with Gasteiger partial charge in [0.2, 0.25) is 0 Å². The molecule has 0 fully saturated rings. The first-order chi connectivity index (χ1) is 3.04. The smallest absolute Gasteiger partial charge is 0.0384 e. The molecule has 0 radical (unpaired) electrons. The number of hydrogen-bond donors (Lipinski definition) is 1. The van der Waals surface area contributed by atoms with E-state index in [0.717, 1.165) is 0 Å². The van der Waals surface area contributed by atoms with Crippen LogP contribution in [0.15, 0.2) is 0 Å². The minimum absolute atomic E-state index is 1.70. The van der Waals surface area contributed by atoms with Gasteiger partial charge in [0.25, 0.3) is 0 Å². The van der Waals surface area contributed by atoms with Crippen LogP contribution in [0.5, 0.6) is 0 Å². The fourth-order valence-electron chi connectivity index (χ4n) is 0. The maximum Gasteiger partial charge on any atom is -0.0384 e. The Hall–Kier alpha value is 1.05. The van der Waals surface area contributed by atoms with Gasteiger partial charge >= 0.3 is 0 Å². The van der Waals surface area contributed by atoms with Crippen LogP contribution in [-0.4, -0.2) is 31.3 Å². The molecule has 0 N–H and O–H groups in total. The third-order valence-electron chi connectivity index (χ3n) is 0.373. The Morgan fingerprint density at radius 2 is 1.12 bits per heavy atom. The maximum absolute atomic E-state index is 4.24. The van der Waals surface area contributed by atoms with Gasteiger partial charge in [-0.25, -0.2) is 7.33 Å². The van der Waals surface area contributed by atoms with E-state index in [9.17, 15) is 0 Å². The molecule has 0 atom stereocenters. The van der Waals surface area contributed by atoms with Crippen LogP contribution in [0.1, 0.15) is 0 Å². The highest BCUT2D eigenvalue weighted by molar-refractivity contribution is 9.28. The first-order valence-corrected chi connectivity index (χ1v) is 9.27. The van der Waals surface area contributed by atoms with Gasteiger partial charge in [0, 0.05) is 0 Å². The molecule has 0 rings (SSSR count). The second-order valence-corrected chi connectivity index (χ2v) is 21.8. The SMILES string of the molecule is CS(C)(C)(C)(C)SS. The molecule has 0 amide bonds. The minimum atomic E-state index is -1.72. The van der Waals surface area contributed by atoms with Crippen LogP contribution in [0.3, 0.4) is 0 Å². The standard InChI is InChI=1S/C5H16S3/c1-8(2,3,4,5)7-6/h6H,1-5H3. The molecule has 0 unspecified atom stereocenters. The van der Waals surface area contributed by atoms with Crippen LogP contribution in [0.25, 0.3) is 0 Å². The van der Waals surface area contributed by atoms with Crippen molar-refractivity contribution in [3.63, 3.8) is 0 Å². The summed E-state index contributed by atoms with van der Waals surface area (Å²) in [5.74, 6) is 0. The summed E-state index contributed by atoms with van der Waals surface area (Å²) in [4.78, 5) is 0. The normalized spacial score (nSPS) is 21.8. The molecule has 0 saturated carbocycles. The van der Waals surface area contributed by atoms with Crippen LogP contribution in [0.4, 0.5) is 0 Å². The molecule has 0 spiro atoms. The molecule has 54 valence electrons. The highest BCUT2D eigenvalue weighted by Crippen LogP contribution is 2.86. The van der Waals surface area contributed by atoms with Gasteiger partial charge in [-0.15, -0.1) is 11.7 Å². The molecule has 0 aliphatic rings. The molecular formula is C5H16S3. The summed E-state index contributed by atoms with van der Waals surface area (Å²) in [5.41, 5.74) is 0. The number of rotatable bonds is 1. The highest BCUT2D eigenvalue weighted by Gasteiger charge is 2.35. The fraction of sp³-hybridized carbons (Fsp3) is 1.00. The average Bonchev–Trinajstić information content (AvgIpc) is 1.30. The summed E-state index contributed by atoms with van der Waals surface area (Å²) in [6.07, 6.45) is 11.4. The second-order valence-electron chi connectivity index (χ2n) is 4.99. The first kappa shape index (κ1) is 9.05. The molecule has 0 aromatic carbocycles. The van der Waals surface area contributed by atoms with Crippen LogP contribution in [0.2, 0.25) is 0 Å². The highest BCUT2D eigenvalue weighted by atomic mass is 33.5. The van der Waals surface area contributed by atoms with E-state index >= 15 is 0 Å². The summed E-state index contributed by atoms with van der Waals surface area (Å²) >= 11 is 4.24. The third kappa shape index (κ3) is 7.05. The van der Waals surface area contributed by atoms with Crippen LogP contribution < -0.4 is 0 Å². The zero-order chi connectivity index (χ0) is 7.12. The number of thiol groups is 1. The molecule has 0 aromatic heterocycles. The summed E-state index contributed by atoms with van der Waals surface area (Å²) in [7, 11) is -0.0216. The monoisotopic (exact) mass is 172 g/mol. The van der Waals surface area contributed by atoms with Crippen LogP contribution in [0, 0.1) is 0 Å². The predicted octanol–water partition coefficient (Wildman–Crippen LogP) is 2.50. The van der Waals surface area contributed by atoms with Gasteiger partial charge in [-0.3, -0.25) is 0 Å². The molecular weight excluding hydrogens is 156 g/mol. The molecule has 0 aliphatic carbocycles. The molecule has 0 bridgehead atoms. The quantitative estimate of drug-likeness (QED) is 0.468. The van der Waals surface area contributed by atoms with Crippen molar-refractivity contribution in [2.24, 2.45) is 0 Å². The predicted molar refractivity (Wildman–Crippen MR) is 53.8 cm³/mol. The molecule has 8 heavy (non-hydrogen) atoms. The van der Waals surface area contributed by atoms with E-state index in [2.05, 4.69) is 42.9 Å². The van der Waals surface area contributed by atoms with Crippen LogP contribution >= 0.6 is 28.8 Å². The molecule has 0 nitrogen and oxygen atoms in total. The lowest BCUT2D eigenvalue weighted by molar-refractivity contribution is 1.86. The Labute approximate surface area is 60.3 Å². The molecule has 3 heteroatoms. The first-order valence-electron chi connectivity index (χ1n) is 2.39. The molecule has 0 heterocycles. The van der Waals surface area contributed by atoms with Crippen molar-refractivity contribution in [3.8, 4) is 0 Å². The zero-order valence-electron chi connectivity index (χ0n) is 6.26. The van der Waals surface area contributed by atoms with Crippen molar-refractivity contribution < 1.29 is 0 Å². The van der Waals surface area contributed by atoms with Crippen molar-refractivity contribution in [1.82, 2.24) is 0 Å². The van der Waals surface area contributed by atoms with Gasteiger partial charge in [0.15, 0.2) is 0 Å². The van der Waals surface area contributed by atoms with E-state index in [1.165, 1.54) is 0 Å². The van der Waals surface area contributed by atoms with Crippen molar-refractivity contribution in [2.45, 2.75) is 0 Å². The lowest BCUT2D eigenvalue weighted by Crippen LogP contribution is -2.22. The van der Waals surface area contributed by atoms with Gasteiger partial charge in [-0.2, -0.15) is 0 Å². The summed E-state index contributed by atoms with van der Waals surface area (Å²) < 4.78 is 0. The van der Waals surface area contributed by atoms with E-state index in [1.807, 2.05) is 0 Å². The van der Waals surface area contributed by atoms with Gasteiger partial charge < -0.3 is 0 Å². The third-order valence-corrected chi connectivity index (χ3v) is 10.1. The summed E-state index contributed by atoms with van der Waals surface area (Å²) in [6.45, 7) is 0. The van der Waals surface area contributed by atoms with Gasteiger partial charge in [-0.1, -0.05) is 9.83 Å². The Morgan fingerprint density at radius 1 is 1.00 bits per heavy atom. The van der Waals surface area contributed by atoms with Crippen LogP contribution in [-0.2, 0) is 0 Å². The van der Waals surface area contributed by atoms with E-state index in [4.69, 9.17) is 0 Å². The largest absolute Gasteiger partial charge is 0.241 e. The van der Waals surface area contributed by atoms with Gasteiger partial charge in [0.05, 0.1) is 0 Å². The van der Waals surface area contributed by atoms with E-state index in [0.29, 0.717) is 0 Å². The van der Waals surface area contributed by atoms with Crippen molar-refractivity contribution in [2.75, 3.05) is 31.3 Å². The molecule has 0 saturated heterocycles. The molecule has 0 aromatic rings. The Kier molecular flexibility index (Phi) is 1.56. The van der Waals surface area contributed by atoms with Crippen molar-refractivity contribution in [1.29, 1.82) is 0 Å². The van der Waals surface area contributed by atoms with Crippen molar-refractivity contribution in [3.05, 3.63) is 0 Å². The Balaban J connectivity index is 4.50. The van der Waals surface area contributed by atoms with E-state index in [-0.39, 0.29) is 0 Å². The minimum Gasteiger partial charge on any atom is -0.241 e. The zero-order valence-corrected chi connectivity index (χ0v) is 8.79. The van der Waals surface area contributed by atoms with Gasteiger partial charge in [0.1, 0.15) is 0 Å². The Morgan fingerprint density at radius 3 is 1.12 bits per heavy atom. The maximum atomic E-state index is 4.24. The topological polar surface area (TPSA) is 0 Å². The van der Waals surface area contributed by atoms with E-state index < -0.39 is 7.33 Å².